The summed E-state index contributed by atoms with van der Waals surface area (Å²) in [4.78, 5) is 10.4. The topological polar surface area (TPSA) is 63.3 Å². The van der Waals surface area contributed by atoms with E-state index in [4.69, 9.17) is 22.4 Å². The molecule has 0 saturated carbocycles. The van der Waals surface area contributed by atoms with Crippen molar-refractivity contribution in [3.8, 4) is 0 Å². The lowest BCUT2D eigenvalue weighted by Crippen LogP contribution is -2.22. The van der Waals surface area contributed by atoms with Gasteiger partial charge in [0.25, 0.3) is 0 Å². The van der Waals surface area contributed by atoms with Crippen molar-refractivity contribution < 1.29 is 18.7 Å². The second-order valence-corrected chi connectivity index (χ2v) is 2.96. The van der Waals surface area contributed by atoms with Crippen molar-refractivity contribution >= 4 is 17.6 Å². The van der Waals surface area contributed by atoms with Crippen LogP contribution >= 0.6 is 11.6 Å². The van der Waals surface area contributed by atoms with Gasteiger partial charge >= 0.3 is 5.97 Å². The van der Waals surface area contributed by atoms with Crippen molar-refractivity contribution in [3.05, 3.63) is 34.4 Å². The maximum atomic E-state index is 13.2. The number of nitrogens with two attached hydrogens (primary N) is 1. The Balaban J connectivity index is 3.24. The van der Waals surface area contributed by atoms with Gasteiger partial charge in [-0.25, -0.2) is 8.78 Å². The molecule has 0 bridgehead atoms. The summed E-state index contributed by atoms with van der Waals surface area (Å²) in [6, 6.07) is 0.270. The molecule has 76 valence electrons. The van der Waals surface area contributed by atoms with E-state index < -0.39 is 28.7 Å². The van der Waals surface area contributed by atoms with E-state index in [2.05, 4.69) is 0 Å². The molecule has 0 aromatic heterocycles. The van der Waals surface area contributed by atoms with Crippen molar-refractivity contribution in [2.75, 3.05) is 0 Å². The molecule has 0 amide bonds. The summed E-state index contributed by atoms with van der Waals surface area (Å²) in [5, 5.41) is 7.74. The SMILES string of the molecule is NC(C(=O)O)c1ccc(F)c(Cl)c1F. The number of carbonyl (C=O) groups is 1. The highest BCUT2D eigenvalue weighted by Crippen LogP contribution is 2.25. The maximum absolute atomic E-state index is 13.2. The molecule has 0 radical (unpaired) electrons. The molecule has 1 atom stereocenters. The number of rotatable bonds is 2. The quantitative estimate of drug-likeness (QED) is 0.748. The predicted octanol–water partition coefficient (Wildman–Crippen LogP) is 1.70. The van der Waals surface area contributed by atoms with Gasteiger partial charge in [-0.05, 0) is 6.07 Å². The van der Waals surface area contributed by atoms with Crippen molar-refractivity contribution in [1.29, 1.82) is 0 Å². The molecule has 1 aromatic carbocycles. The first-order valence-electron chi connectivity index (χ1n) is 3.57. The summed E-state index contributed by atoms with van der Waals surface area (Å²) < 4.78 is 25.8. The number of benzene rings is 1. The number of halogens is 3. The lowest BCUT2D eigenvalue weighted by atomic mass is 10.1. The van der Waals surface area contributed by atoms with E-state index in [1.54, 1.807) is 0 Å². The molecule has 1 aromatic rings. The van der Waals surface area contributed by atoms with Crippen molar-refractivity contribution in [3.63, 3.8) is 0 Å². The van der Waals surface area contributed by atoms with E-state index in [-0.39, 0.29) is 5.56 Å². The number of carboxylic acids is 1. The molecule has 1 rings (SSSR count). The molecule has 0 aliphatic carbocycles. The van der Waals surface area contributed by atoms with Gasteiger partial charge in [-0.1, -0.05) is 17.7 Å². The molecule has 0 fully saturated rings. The van der Waals surface area contributed by atoms with Crippen LogP contribution in [0.5, 0.6) is 0 Å². The normalized spacial score (nSPS) is 12.6. The molecule has 3 nitrogen and oxygen atoms in total. The lowest BCUT2D eigenvalue weighted by molar-refractivity contribution is -0.138. The Morgan fingerprint density at radius 2 is 2.07 bits per heavy atom. The van der Waals surface area contributed by atoms with Crippen molar-refractivity contribution in [2.24, 2.45) is 5.73 Å². The summed E-state index contributed by atoms with van der Waals surface area (Å²) in [6.45, 7) is 0. The summed E-state index contributed by atoms with van der Waals surface area (Å²) in [5.41, 5.74) is 4.79. The van der Waals surface area contributed by atoms with Gasteiger partial charge in [0.2, 0.25) is 0 Å². The third-order valence-corrected chi connectivity index (χ3v) is 2.01. The number of aliphatic carboxylic acids is 1. The van der Waals surface area contributed by atoms with Crippen molar-refractivity contribution in [2.45, 2.75) is 6.04 Å². The molecule has 14 heavy (non-hydrogen) atoms. The van der Waals surface area contributed by atoms with Crippen LogP contribution in [0.1, 0.15) is 11.6 Å². The van der Waals surface area contributed by atoms with E-state index in [1.807, 2.05) is 0 Å². The van der Waals surface area contributed by atoms with Gasteiger partial charge in [-0.3, -0.25) is 4.79 Å². The summed E-state index contributed by atoms with van der Waals surface area (Å²) in [5.74, 6) is -3.50. The van der Waals surface area contributed by atoms with Crippen LogP contribution < -0.4 is 5.73 Å². The van der Waals surface area contributed by atoms with E-state index in [0.717, 1.165) is 12.1 Å². The highest BCUT2D eigenvalue weighted by atomic mass is 35.5. The Morgan fingerprint density at radius 1 is 1.50 bits per heavy atom. The molecule has 3 N–H and O–H groups in total. The Morgan fingerprint density at radius 3 is 2.57 bits per heavy atom. The van der Waals surface area contributed by atoms with Crippen LogP contribution in [0.25, 0.3) is 0 Å². The average molecular weight is 222 g/mol. The molecule has 0 spiro atoms. The minimum atomic E-state index is -1.55. The van der Waals surface area contributed by atoms with E-state index in [1.165, 1.54) is 0 Å². The first-order valence-corrected chi connectivity index (χ1v) is 3.94. The van der Waals surface area contributed by atoms with Crippen molar-refractivity contribution in [1.82, 2.24) is 0 Å². The molecule has 0 aliphatic heterocycles. The van der Waals surface area contributed by atoms with Gasteiger partial charge in [0.05, 0.1) is 0 Å². The predicted molar refractivity (Wildman–Crippen MR) is 45.9 cm³/mol. The van der Waals surface area contributed by atoms with Crippen LogP contribution in [-0.4, -0.2) is 11.1 Å². The Hall–Kier alpha value is -1.20. The van der Waals surface area contributed by atoms with E-state index >= 15 is 0 Å². The summed E-state index contributed by atoms with van der Waals surface area (Å²) in [7, 11) is 0. The minimum absolute atomic E-state index is 0.344. The molecule has 0 heterocycles. The first-order chi connectivity index (χ1) is 6.45. The number of hydrogen-bond donors (Lipinski definition) is 2. The zero-order valence-electron chi connectivity index (χ0n) is 6.80. The van der Waals surface area contributed by atoms with Gasteiger partial charge in [-0.15, -0.1) is 0 Å². The third-order valence-electron chi connectivity index (χ3n) is 1.67. The second-order valence-electron chi connectivity index (χ2n) is 2.58. The minimum Gasteiger partial charge on any atom is -0.480 e. The molecule has 0 aliphatic rings. The Bertz CT molecular complexity index is 384. The van der Waals surface area contributed by atoms with Crippen LogP contribution in [0.3, 0.4) is 0 Å². The van der Waals surface area contributed by atoms with Gasteiger partial charge in [0.1, 0.15) is 22.7 Å². The third kappa shape index (κ3) is 1.83. The molecule has 1 unspecified atom stereocenters. The fourth-order valence-corrected chi connectivity index (χ4v) is 1.09. The highest BCUT2D eigenvalue weighted by molar-refractivity contribution is 6.31. The van der Waals surface area contributed by atoms with Crippen LogP contribution in [-0.2, 0) is 4.79 Å². The van der Waals surface area contributed by atoms with Gasteiger partial charge in [0.15, 0.2) is 0 Å². The molecule has 6 heteroatoms. The largest absolute Gasteiger partial charge is 0.480 e. The second kappa shape index (κ2) is 3.89. The first kappa shape index (κ1) is 10.9. The standard InChI is InChI=1S/C8H6ClF2NO2/c9-5-4(10)2-1-3(6(5)11)7(12)8(13)14/h1-2,7H,12H2,(H,13,14). The Kier molecular flexibility index (Phi) is 3.03. The van der Waals surface area contributed by atoms with E-state index in [0.29, 0.717) is 0 Å². The average Bonchev–Trinajstić information content (AvgIpc) is 2.13. The number of hydrogen-bond acceptors (Lipinski definition) is 2. The van der Waals surface area contributed by atoms with Gasteiger partial charge in [-0.2, -0.15) is 0 Å². The fourth-order valence-electron chi connectivity index (χ4n) is 0.914. The fraction of sp³-hybridized carbons (Fsp3) is 0.125. The maximum Gasteiger partial charge on any atom is 0.325 e. The highest BCUT2D eigenvalue weighted by Gasteiger charge is 2.21. The van der Waals surface area contributed by atoms with Crippen LogP contribution in [0, 0.1) is 11.6 Å². The van der Waals surface area contributed by atoms with Crippen LogP contribution in [0.15, 0.2) is 12.1 Å². The van der Waals surface area contributed by atoms with E-state index in [9.17, 15) is 13.6 Å². The Labute approximate surface area is 83.1 Å². The zero-order valence-corrected chi connectivity index (χ0v) is 7.55. The lowest BCUT2D eigenvalue weighted by Gasteiger charge is -2.08. The number of carboxylic acid groups (broad SMARTS) is 1. The smallest absolute Gasteiger partial charge is 0.325 e. The summed E-state index contributed by atoms with van der Waals surface area (Å²) >= 11 is 5.23. The summed E-state index contributed by atoms with van der Waals surface area (Å²) in [6.07, 6.45) is 0. The monoisotopic (exact) mass is 221 g/mol. The van der Waals surface area contributed by atoms with Gasteiger partial charge < -0.3 is 10.8 Å². The molecular weight excluding hydrogens is 216 g/mol. The zero-order chi connectivity index (χ0) is 10.9. The van der Waals surface area contributed by atoms with Crippen LogP contribution in [0.2, 0.25) is 5.02 Å². The molecular formula is C8H6ClF2NO2. The van der Waals surface area contributed by atoms with Gasteiger partial charge in [0, 0.05) is 5.56 Å². The molecule has 0 saturated heterocycles. The van der Waals surface area contributed by atoms with Crippen LogP contribution in [0.4, 0.5) is 8.78 Å².